The fraction of sp³-hybridized carbons (Fsp3) is 0.429. The van der Waals surface area contributed by atoms with Gasteiger partial charge >= 0.3 is 0 Å². The SMILES string of the molecule is CCCCC[C@H](/C=C/C(=O)CCc1ccc(O)c(OC)c1)Cc1cc(NC(N)=NC)c(O)c(OCO)c1. The number of nitrogens with two attached hydrogens (primary N) is 1. The van der Waals surface area contributed by atoms with E-state index in [9.17, 15) is 20.1 Å². The summed E-state index contributed by atoms with van der Waals surface area (Å²) in [5, 5.41) is 32.3. The van der Waals surface area contributed by atoms with Gasteiger partial charge in [-0.1, -0.05) is 38.3 Å². The second kappa shape index (κ2) is 15.4. The number of nitrogens with one attached hydrogen (secondary N) is 1. The van der Waals surface area contributed by atoms with Crippen molar-refractivity contribution in [2.45, 2.75) is 51.9 Å². The van der Waals surface area contributed by atoms with Gasteiger partial charge in [0.25, 0.3) is 0 Å². The number of allylic oxidation sites excluding steroid dienone is 2. The van der Waals surface area contributed by atoms with Crippen LogP contribution in [0, 0.1) is 5.92 Å². The number of phenols is 2. The first kappa shape index (κ1) is 29.5. The molecule has 0 spiro atoms. The molecule has 0 aliphatic carbocycles. The van der Waals surface area contributed by atoms with Crippen LogP contribution in [0.4, 0.5) is 5.69 Å². The number of carbonyl (C=O) groups excluding carboxylic acids is 1. The fourth-order valence-corrected chi connectivity index (χ4v) is 3.95. The molecule has 2 aromatic rings. The van der Waals surface area contributed by atoms with Crippen LogP contribution in [0.2, 0.25) is 0 Å². The third kappa shape index (κ3) is 9.69. The molecule has 0 unspecified atom stereocenters. The number of anilines is 1. The maximum Gasteiger partial charge on any atom is 0.192 e. The van der Waals surface area contributed by atoms with E-state index in [4.69, 9.17) is 15.2 Å². The highest BCUT2D eigenvalue weighted by Crippen LogP contribution is 2.37. The first-order chi connectivity index (χ1) is 17.8. The molecule has 37 heavy (non-hydrogen) atoms. The smallest absolute Gasteiger partial charge is 0.192 e. The summed E-state index contributed by atoms with van der Waals surface area (Å²) >= 11 is 0. The number of ether oxygens (including phenoxy) is 2. The number of rotatable bonds is 15. The maximum atomic E-state index is 12.6. The third-order valence-corrected chi connectivity index (χ3v) is 5.99. The lowest BCUT2D eigenvalue weighted by molar-refractivity contribution is -0.114. The molecule has 0 aliphatic heterocycles. The summed E-state index contributed by atoms with van der Waals surface area (Å²) in [7, 11) is 3.02. The molecule has 0 radical (unpaired) electrons. The zero-order chi connectivity index (χ0) is 27.2. The van der Waals surface area contributed by atoms with Crippen LogP contribution in [-0.2, 0) is 17.6 Å². The number of ketones is 1. The minimum Gasteiger partial charge on any atom is -0.504 e. The summed E-state index contributed by atoms with van der Waals surface area (Å²) in [5.41, 5.74) is 7.85. The van der Waals surface area contributed by atoms with E-state index in [1.54, 1.807) is 36.4 Å². The Morgan fingerprint density at radius 3 is 2.59 bits per heavy atom. The molecule has 0 fully saturated rings. The van der Waals surface area contributed by atoms with Gasteiger partial charge in [0.2, 0.25) is 0 Å². The zero-order valence-electron chi connectivity index (χ0n) is 21.9. The number of benzene rings is 2. The van der Waals surface area contributed by atoms with Crippen molar-refractivity contribution in [3.05, 3.63) is 53.6 Å². The van der Waals surface area contributed by atoms with E-state index in [-0.39, 0.29) is 34.9 Å². The molecule has 9 nitrogen and oxygen atoms in total. The van der Waals surface area contributed by atoms with Gasteiger partial charge in [-0.15, -0.1) is 0 Å². The normalized spacial score (nSPS) is 12.5. The molecule has 2 rings (SSSR count). The highest BCUT2D eigenvalue weighted by molar-refractivity contribution is 5.94. The van der Waals surface area contributed by atoms with Crippen molar-refractivity contribution in [2.75, 3.05) is 26.3 Å². The lowest BCUT2D eigenvalue weighted by atomic mass is 9.92. The maximum absolute atomic E-state index is 12.6. The molecular weight excluding hydrogens is 474 g/mol. The van der Waals surface area contributed by atoms with E-state index in [1.807, 2.05) is 6.08 Å². The Hall–Kier alpha value is -3.72. The average Bonchev–Trinajstić information content (AvgIpc) is 2.89. The topological polar surface area (TPSA) is 147 Å². The number of carbonyl (C=O) groups is 1. The number of guanidine groups is 1. The van der Waals surface area contributed by atoms with E-state index in [1.165, 1.54) is 14.2 Å². The van der Waals surface area contributed by atoms with Crippen LogP contribution in [0.25, 0.3) is 0 Å². The Morgan fingerprint density at radius 1 is 1.16 bits per heavy atom. The Kier molecular flexibility index (Phi) is 12.3. The number of aliphatic hydroxyl groups excluding tert-OH is 1. The Balaban J connectivity index is 2.16. The van der Waals surface area contributed by atoms with Gasteiger partial charge in [-0.2, -0.15) is 0 Å². The van der Waals surface area contributed by atoms with Crippen LogP contribution in [0.1, 0.15) is 50.2 Å². The predicted molar refractivity (Wildman–Crippen MR) is 145 cm³/mol. The first-order valence-electron chi connectivity index (χ1n) is 12.5. The van der Waals surface area contributed by atoms with Gasteiger partial charge in [-0.05, 0) is 66.6 Å². The van der Waals surface area contributed by atoms with Crippen molar-refractivity contribution < 1.29 is 29.6 Å². The molecule has 0 aliphatic rings. The summed E-state index contributed by atoms with van der Waals surface area (Å²) in [4.78, 5) is 16.5. The molecule has 0 heterocycles. The molecule has 0 saturated heterocycles. The zero-order valence-corrected chi connectivity index (χ0v) is 21.9. The van der Waals surface area contributed by atoms with Gasteiger partial charge in [-0.25, -0.2) is 0 Å². The van der Waals surface area contributed by atoms with Crippen LogP contribution in [0.5, 0.6) is 23.0 Å². The van der Waals surface area contributed by atoms with Gasteiger partial charge in [0.1, 0.15) is 0 Å². The highest BCUT2D eigenvalue weighted by Gasteiger charge is 2.15. The molecule has 6 N–H and O–H groups in total. The molecule has 0 bridgehead atoms. The van der Waals surface area contributed by atoms with E-state index < -0.39 is 6.79 Å². The lowest BCUT2D eigenvalue weighted by Gasteiger charge is -2.17. The van der Waals surface area contributed by atoms with Crippen LogP contribution >= 0.6 is 0 Å². The van der Waals surface area contributed by atoms with E-state index in [0.29, 0.717) is 30.7 Å². The van der Waals surface area contributed by atoms with E-state index in [0.717, 1.165) is 36.8 Å². The Morgan fingerprint density at radius 2 is 1.92 bits per heavy atom. The number of phenolic OH excluding ortho intramolecular Hbond substituents is 2. The van der Waals surface area contributed by atoms with Gasteiger partial charge in [0, 0.05) is 13.5 Å². The van der Waals surface area contributed by atoms with Crippen LogP contribution < -0.4 is 20.5 Å². The van der Waals surface area contributed by atoms with Crippen LogP contribution in [0.15, 0.2) is 47.5 Å². The monoisotopic (exact) mass is 513 g/mol. The number of hydrogen-bond donors (Lipinski definition) is 5. The fourth-order valence-electron chi connectivity index (χ4n) is 3.95. The van der Waals surface area contributed by atoms with Crippen LogP contribution in [-0.4, -0.2) is 48.0 Å². The molecule has 9 heteroatoms. The average molecular weight is 514 g/mol. The number of methoxy groups -OCH3 is 1. The lowest BCUT2D eigenvalue weighted by Crippen LogP contribution is -2.22. The number of hydrogen-bond acceptors (Lipinski definition) is 7. The van der Waals surface area contributed by atoms with Gasteiger partial charge in [0.05, 0.1) is 12.8 Å². The van der Waals surface area contributed by atoms with E-state index >= 15 is 0 Å². The van der Waals surface area contributed by atoms with Crippen molar-refractivity contribution >= 4 is 17.4 Å². The molecular formula is C28H39N3O6. The van der Waals surface area contributed by atoms with Crippen molar-refractivity contribution in [3.8, 4) is 23.0 Å². The van der Waals surface area contributed by atoms with Crippen LogP contribution in [0.3, 0.4) is 0 Å². The molecule has 1 atom stereocenters. The second-order valence-electron chi connectivity index (χ2n) is 8.79. The second-order valence-corrected chi connectivity index (χ2v) is 8.79. The minimum atomic E-state index is -0.588. The Labute approximate surface area is 218 Å². The largest absolute Gasteiger partial charge is 0.504 e. The summed E-state index contributed by atoms with van der Waals surface area (Å²) in [5.74, 6) is 0.621. The predicted octanol–water partition coefficient (Wildman–Crippen LogP) is 4.29. The first-order valence-corrected chi connectivity index (χ1v) is 12.5. The third-order valence-electron chi connectivity index (χ3n) is 5.99. The van der Waals surface area contributed by atoms with Crippen molar-refractivity contribution in [1.29, 1.82) is 0 Å². The van der Waals surface area contributed by atoms with Crippen molar-refractivity contribution in [3.63, 3.8) is 0 Å². The molecule has 0 amide bonds. The number of aryl methyl sites for hydroxylation is 1. The quantitative estimate of drug-likeness (QED) is 0.0592. The standard InChI is InChI=1S/C28H39N3O6/c1-4-5-6-7-19(8-11-22(33)12-9-20-10-13-24(34)25(16-20)36-3)14-21-15-23(31-28(29)30-2)27(35)26(17-21)37-18-32/h8,10-11,13,15-17,19,32,34-35H,4-7,9,12,14,18H2,1-3H3,(H3,29,30,31)/b11-8+/t19-/m1/s1. The number of nitrogens with zero attached hydrogens (tertiary/aromatic N) is 1. The molecule has 0 aromatic heterocycles. The number of aromatic hydroxyl groups is 2. The summed E-state index contributed by atoms with van der Waals surface area (Å²) in [6, 6.07) is 8.52. The van der Waals surface area contributed by atoms with Gasteiger partial charge in [-0.3, -0.25) is 9.79 Å². The van der Waals surface area contributed by atoms with E-state index in [2.05, 4.69) is 17.2 Å². The minimum absolute atomic E-state index is 0.0110. The van der Waals surface area contributed by atoms with Crippen molar-refractivity contribution in [1.82, 2.24) is 0 Å². The summed E-state index contributed by atoms with van der Waals surface area (Å²) < 4.78 is 10.3. The summed E-state index contributed by atoms with van der Waals surface area (Å²) in [6.45, 7) is 1.55. The highest BCUT2D eigenvalue weighted by atomic mass is 16.6. The Bertz CT molecular complexity index is 1080. The number of aliphatic hydroxyl groups is 1. The molecule has 202 valence electrons. The van der Waals surface area contributed by atoms with Gasteiger partial charge in [0.15, 0.2) is 41.5 Å². The number of aliphatic imine (C=N–C) groups is 1. The molecule has 2 aromatic carbocycles. The van der Waals surface area contributed by atoms with Gasteiger partial charge < -0.3 is 35.8 Å². The van der Waals surface area contributed by atoms with Crippen molar-refractivity contribution in [2.24, 2.45) is 16.6 Å². The molecule has 0 saturated carbocycles. The number of unbranched alkanes of at least 4 members (excludes halogenated alkanes) is 2. The summed E-state index contributed by atoms with van der Waals surface area (Å²) in [6.07, 6.45) is 9.15.